The molecule has 5 nitrogen and oxygen atoms in total. The van der Waals surface area contributed by atoms with Crippen molar-refractivity contribution < 1.29 is 4.74 Å². The molecule has 5 rings (SSSR count). The van der Waals surface area contributed by atoms with Crippen LogP contribution in [0.25, 0.3) is 32.6 Å². The van der Waals surface area contributed by atoms with Gasteiger partial charge in [0.05, 0.1) is 23.4 Å². The van der Waals surface area contributed by atoms with E-state index in [9.17, 15) is 0 Å². The number of anilines is 1. The number of nitrogens with zero attached hydrogens (tertiary/aromatic N) is 3. The van der Waals surface area contributed by atoms with Crippen molar-refractivity contribution in [1.82, 2.24) is 10.2 Å². The molecule has 0 amide bonds. The molecule has 0 aliphatic carbocycles. The van der Waals surface area contributed by atoms with Crippen LogP contribution in [0.5, 0.6) is 5.75 Å². The molecular weight excluding hydrogens is 416 g/mol. The summed E-state index contributed by atoms with van der Waals surface area (Å²) in [5, 5.41) is 10.0. The first-order valence-corrected chi connectivity index (χ1v) is 10.9. The van der Waals surface area contributed by atoms with E-state index in [1.165, 1.54) is 11.3 Å². The molecule has 5 aromatic rings. The minimum atomic E-state index is 0.660. The summed E-state index contributed by atoms with van der Waals surface area (Å²) in [7, 11) is 1.64. The third kappa shape index (κ3) is 3.72. The number of hydrogen-bond donors (Lipinski definition) is 1. The van der Waals surface area contributed by atoms with Crippen LogP contribution in [0.3, 0.4) is 0 Å². The summed E-state index contributed by atoms with van der Waals surface area (Å²) in [6, 6.07) is 27.8. The fraction of sp³-hybridized carbons (Fsp3) is 0.0385. The molecule has 2 heterocycles. The smallest absolute Gasteiger partial charge is 0.149 e. The Balaban J connectivity index is 1.67. The van der Waals surface area contributed by atoms with Gasteiger partial charge < -0.3 is 10.5 Å². The lowest BCUT2D eigenvalue weighted by Gasteiger charge is -2.10. The predicted molar refractivity (Wildman–Crippen MR) is 133 cm³/mol. The molecule has 0 fully saturated rings. The van der Waals surface area contributed by atoms with Crippen LogP contribution < -0.4 is 10.5 Å². The predicted octanol–water partition coefficient (Wildman–Crippen LogP) is 6.37. The number of rotatable bonds is 5. The van der Waals surface area contributed by atoms with Crippen molar-refractivity contribution in [3.05, 3.63) is 89.8 Å². The number of benzene rings is 3. The maximum absolute atomic E-state index is 6.67. The van der Waals surface area contributed by atoms with E-state index in [1.807, 2.05) is 72.8 Å². The number of fused-ring (bicyclic) bond motifs is 1. The van der Waals surface area contributed by atoms with Gasteiger partial charge >= 0.3 is 0 Å². The van der Waals surface area contributed by atoms with Crippen LogP contribution >= 0.6 is 11.3 Å². The van der Waals surface area contributed by atoms with Crippen molar-refractivity contribution in [3.63, 3.8) is 0 Å². The topological polar surface area (TPSA) is 73.4 Å². The Morgan fingerprint density at radius 1 is 0.844 bits per heavy atom. The largest absolute Gasteiger partial charge is 0.497 e. The standard InChI is InChI=1S/C26H20N4OS/c1-31-20-14-12-19(13-15-20)28-16-21-24(27)23-22(17-8-4-2-5-9-17)25(29-30-26(23)32-21)18-10-6-3-7-11-18/h2-16H,27H2,1H3. The maximum atomic E-state index is 6.67. The van der Waals surface area contributed by atoms with E-state index in [2.05, 4.69) is 27.3 Å². The minimum absolute atomic E-state index is 0.660. The van der Waals surface area contributed by atoms with Gasteiger partial charge in [0.1, 0.15) is 16.3 Å². The lowest BCUT2D eigenvalue weighted by molar-refractivity contribution is 0.415. The zero-order valence-electron chi connectivity index (χ0n) is 17.4. The normalized spacial score (nSPS) is 11.3. The van der Waals surface area contributed by atoms with Crippen LogP contribution in [-0.2, 0) is 0 Å². The number of thiophene rings is 1. The highest BCUT2D eigenvalue weighted by Crippen LogP contribution is 2.42. The molecule has 3 aromatic carbocycles. The molecule has 0 saturated heterocycles. The molecule has 0 unspecified atom stereocenters. The number of hydrogen-bond acceptors (Lipinski definition) is 6. The monoisotopic (exact) mass is 436 g/mol. The molecule has 0 aliphatic heterocycles. The Morgan fingerprint density at radius 2 is 1.50 bits per heavy atom. The van der Waals surface area contributed by atoms with Crippen LogP contribution in [0.4, 0.5) is 11.4 Å². The van der Waals surface area contributed by atoms with Crippen molar-refractivity contribution in [2.75, 3.05) is 12.8 Å². The summed E-state index contributed by atoms with van der Waals surface area (Å²) in [6.45, 7) is 0. The van der Waals surface area contributed by atoms with Gasteiger partial charge in [-0.25, -0.2) is 0 Å². The Bertz CT molecular complexity index is 1400. The molecule has 2 aromatic heterocycles. The fourth-order valence-electron chi connectivity index (χ4n) is 3.61. The van der Waals surface area contributed by atoms with Gasteiger partial charge in [-0.3, -0.25) is 4.99 Å². The molecule has 156 valence electrons. The van der Waals surface area contributed by atoms with Gasteiger partial charge in [-0.15, -0.1) is 21.5 Å². The first-order valence-electron chi connectivity index (χ1n) is 10.1. The number of ether oxygens (including phenoxy) is 1. The molecular formula is C26H20N4OS. The number of aromatic nitrogens is 2. The molecule has 0 bridgehead atoms. The second-order valence-corrected chi connectivity index (χ2v) is 8.20. The molecule has 0 atom stereocenters. The maximum Gasteiger partial charge on any atom is 0.149 e. The van der Waals surface area contributed by atoms with E-state index < -0.39 is 0 Å². The summed E-state index contributed by atoms with van der Waals surface area (Å²) >= 11 is 1.49. The number of nitrogens with two attached hydrogens (primary N) is 1. The van der Waals surface area contributed by atoms with Gasteiger partial charge in [-0.1, -0.05) is 60.7 Å². The minimum Gasteiger partial charge on any atom is -0.497 e. The Labute approximate surface area is 189 Å². The number of methoxy groups -OCH3 is 1. The molecule has 0 radical (unpaired) electrons. The van der Waals surface area contributed by atoms with E-state index >= 15 is 0 Å². The van der Waals surface area contributed by atoms with Gasteiger partial charge in [-0.05, 0) is 29.8 Å². The van der Waals surface area contributed by atoms with Gasteiger partial charge in [0, 0.05) is 22.7 Å². The Morgan fingerprint density at radius 3 is 2.16 bits per heavy atom. The molecule has 0 saturated carbocycles. The molecule has 0 aliphatic rings. The van der Waals surface area contributed by atoms with Gasteiger partial charge in [0.25, 0.3) is 0 Å². The highest BCUT2D eigenvalue weighted by Gasteiger charge is 2.20. The summed E-state index contributed by atoms with van der Waals surface area (Å²) in [6.07, 6.45) is 1.79. The highest BCUT2D eigenvalue weighted by molar-refractivity contribution is 7.21. The van der Waals surface area contributed by atoms with Crippen molar-refractivity contribution in [2.24, 2.45) is 4.99 Å². The van der Waals surface area contributed by atoms with Gasteiger partial charge in [0.2, 0.25) is 0 Å². The van der Waals surface area contributed by atoms with E-state index in [4.69, 9.17) is 10.5 Å². The van der Waals surface area contributed by atoms with E-state index in [-0.39, 0.29) is 0 Å². The van der Waals surface area contributed by atoms with Gasteiger partial charge in [0.15, 0.2) is 0 Å². The first kappa shape index (κ1) is 19.9. The summed E-state index contributed by atoms with van der Waals surface area (Å²) in [4.78, 5) is 6.24. The fourth-order valence-corrected chi connectivity index (χ4v) is 4.53. The van der Waals surface area contributed by atoms with Crippen LogP contribution in [0.1, 0.15) is 4.88 Å². The third-order valence-corrected chi connectivity index (χ3v) is 6.22. The summed E-state index contributed by atoms with van der Waals surface area (Å²) in [5.41, 5.74) is 12.0. The zero-order chi connectivity index (χ0) is 21.9. The summed E-state index contributed by atoms with van der Waals surface area (Å²) < 4.78 is 5.21. The van der Waals surface area contributed by atoms with E-state index in [0.29, 0.717) is 5.69 Å². The van der Waals surface area contributed by atoms with Crippen molar-refractivity contribution >= 4 is 39.1 Å². The van der Waals surface area contributed by atoms with Crippen molar-refractivity contribution in [2.45, 2.75) is 0 Å². The summed E-state index contributed by atoms with van der Waals surface area (Å²) in [5.74, 6) is 0.793. The molecule has 6 heteroatoms. The number of aliphatic imine (C=N–C) groups is 1. The molecule has 32 heavy (non-hydrogen) atoms. The lowest BCUT2D eigenvalue weighted by atomic mass is 9.97. The second-order valence-electron chi connectivity index (χ2n) is 7.17. The average molecular weight is 437 g/mol. The van der Waals surface area contributed by atoms with Crippen LogP contribution in [0.2, 0.25) is 0 Å². The van der Waals surface area contributed by atoms with Gasteiger partial charge in [-0.2, -0.15) is 0 Å². The first-order chi connectivity index (χ1) is 15.7. The Hall–Kier alpha value is -4.03. The van der Waals surface area contributed by atoms with Crippen molar-refractivity contribution in [3.8, 4) is 28.1 Å². The highest BCUT2D eigenvalue weighted by atomic mass is 32.1. The van der Waals surface area contributed by atoms with Crippen LogP contribution in [0, 0.1) is 0 Å². The third-order valence-electron chi connectivity index (χ3n) is 5.20. The van der Waals surface area contributed by atoms with Crippen LogP contribution in [-0.4, -0.2) is 23.5 Å². The number of nitrogen functional groups attached to an aromatic ring is 1. The zero-order valence-corrected chi connectivity index (χ0v) is 18.2. The average Bonchev–Trinajstić information content (AvgIpc) is 3.19. The Kier molecular flexibility index (Phi) is 5.35. The lowest BCUT2D eigenvalue weighted by Crippen LogP contribution is -1.96. The molecule has 2 N–H and O–H groups in total. The van der Waals surface area contributed by atoms with E-state index in [0.717, 1.165) is 48.9 Å². The quantitative estimate of drug-likeness (QED) is 0.325. The second kappa shape index (κ2) is 8.61. The van der Waals surface area contributed by atoms with E-state index in [1.54, 1.807) is 13.3 Å². The molecule has 0 spiro atoms. The van der Waals surface area contributed by atoms with Crippen molar-refractivity contribution in [1.29, 1.82) is 0 Å². The van der Waals surface area contributed by atoms with Crippen LogP contribution in [0.15, 0.2) is 89.9 Å². The SMILES string of the molecule is COc1ccc(N=Cc2sc3nnc(-c4ccccc4)c(-c4ccccc4)c3c2N)cc1.